The number of nitrogens with zero attached hydrogens (tertiary/aromatic N) is 1. The van der Waals surface area contributed by atoms with Gasteiger partial charge in [-0.05, 0) is 29.0 Å². The Bertz CT molecular complexity index is 473. The van der Waals surface area contributed by atoms with Gasteiger partial charge in [0, 0.05) is 17.8 Å². The lowest BCUT2D eigenvalue weighted by molar-refractivity contribution is 0.425. The van der Waals surface area contributed by atoms with Gasteiger partial charge in [-0.3, -0.25) is 4.98 Å². The molecule has 3 N–H and O–H groups in total. The van der Waals surface area contributed by atoms with Crippen LogP contribution in [0.5, 0.6) is 5.75 Å². The summed E-state index contributed by atoms with van der Waals surface area (Å²) in [6.07, 6.45) is 3.11. The summed E-state index contributed by atoms with van der Waals surface area (Å²) >= 11 is 0. The molecule has 0 unspecified atom stereocenters. The second-order valence-electron chi connectivity index (χ2n) is 3.01. The number of benzene rings is 1. The number of hydrogen-bond acceptors (Lipinski definition) is 4. The minimum absolute atomic E-state index is 0.00630. The molecule has 0 radical (unpaired) electrons. The molecule has 0 spiro atoms. The second-order valence-corrected chi connectivity index (χ2v) is 3.01. The molecule has 1 heterocycles. The normalized spacial score (nSPS) is 10.4. The Balaban J connectivity index is 2.80. The molecule has 0 fully saturated rings. The number of fused-ring (bicyclic) bond motifs is 1. The van der Waals surface area contributed by atoms with Crippen molar-refractivity contribution < 1.29 is 15.2 Å². The van der Waals surface area contributed by atoms with Gasteiger partial charge in [0.1, 0.15) is 5.75 Å². The molecule has 0 aliphatic carbocycles. The number of phenols is 1. The van der Waals surface area contributed by atoms with Crippen molar-refractivity contribution in [2.75, 3.05) is 0 Å². The third-order valence-electron chi connectivity index (χ3n) is 2.05. The maximum atomic E-state index is 9.32. The van der Waals surface area contributed by atoms with Crippen LogP contribution in [0.2, 0.25) is 0 Å². The maximum absolute atomic E-state index is 9.32. The average Bonchev–Trinajstić information content (AvgIpc) is 2.16. The van der Waals surface area contributed by atoms with Gasteiger partial charge in [0.05, 0.1) is 0 Å². The zero-order valence-electron chi connectivity index (χ0n) is 7.25. The van der Waals surface area contributed by atoms with E-state index in [-0.39, 0.29) is 11.2 Å². The Morgan fingerprint density at radius 1 is 1.21 bits per heavy atom. The molecule has 70 valence electrons. The first-order valence-corrected chi connectivity index (χ1v) is 4.11. The Labute approximate surface area is 80.6 Å². The van der Waals surface area contributed by atoms with E-state index in [4.69, 9.17) is 10.0 Å². The van der Waals surface area contributed by atoms with Crippen LogP contribution in [0.15, 0.2) is 30.6 Å². The highest BCUT2D eigenvalue weighted by molar-refractivity contribution is 6.62. The number of rotatable bonds is 1. The first-order chi connectivity index (χ1) is 6.68. The van der Waals surface area contributed by atoms with E-state index in [1.807, 2.05) is 0 Å². The molecule has 1 aromatic heterocycles. The zero-order chi connectivity index (χ0) is 10.1. The van der Waals surface area contributed by atoms with Crippen LogP contribution >= 0.6 is 0 Å². The molecule has 0 saturated heterocycles. The van der Waals surface area contributed by atoms with Crippen LogP contribution in [-0.2, 0) is 0 Å². The maximum Gasteiger partial charge on any atom is 0.489 e. The summed E-state index contributed by atoms with van der Waals surface area (Å²) in [6.45, 7) is 0. The van der Waals surface area contributed by atoms with E-state index in [0.717, 1.165) is 5.39 Å². The van der Waals surface area contributed by atoms with Crippen molar-refractivity contribution in [3.63, 3.8) is 0 Å². The third kappa shape index (κ3) is 1.43. The van der Waals surface area contributed by atoms with E-state index in [1.54, 1.807) is 18.3 Å². The molecule has 0 bridgehead atoms. The fourth-order valence-electron chi connectivity index (χ4n) is 1.42. The Morgan fingerprint density at radius 3 is 2.71 bits per heavy atom. The molecule has 2 aromatic rings. The Hall–Kier alpha value is -1.59. The fraction of sp³-hybridized carbons (Fsp3) is 0. The van der Waals surface area contributed by atoms with Crippen LogP contribution in [0, 0.1) is 0 Å². The first-order valence-electron chi connectivity index (χ1n) is 4.11. The SMILES string of the molecule is OB(O)c1cc(O)cc2ccncc12. The van der Waals surface area contributed by atoms with E-state index < -0.39 is 7.12 Å². The van der Waals surface area contributed by atoms with Crippen LogP contribution in [0.1, 0.15) is 0 Å². The molecule has 4 nitrogen and oxygen atoms in total. The Kier molecular flexibility index (Phi) is 2.11. The molecule has 14 heavy (non-hydrogen) atoms. The van der Waals surface area contributed by atoms with Gasteiger partial charge >= 0.3 is 7.12 Å². The summed E-state index contributed by atoms with van der Waals surface area (Å²) in [5.74, 6) is 0.00630. The van der Waals surface area contributed by atoms with Crippen molar-refractivity contribution >= 4 is 23.4 Å². The Morgan fingerprint density at radius 2 is 2.00 bits per heavy atom. The fourth-order valence-corrected chi connectivity index (χ4v) is 1.42. The minimum atomic E-state index is -1.60. The number of pyridine rings is 1. The molecule has 0 atom stereocenters. The summed E-state index contributed by atoms with van der Waals surface area (Å²) in [4.78, 5) is 3.88. The van der Waals surface area contributed by atoms with E-state index in [1.165, 1.54) is 12.3 Å². The van der Waals surface area contributed by atoms with Gasteiger partial charge in [-0.1, -0.05) is 0 Å². The summed E-state index contributed by atoms with van der Waals surface area (Å²) in [5.41, 5.74) is 0.258. The van der Waals surface area contributed by atoms with Crippen LogP contribution in [-0.4, -0.2) is 27.3 Å². The van der Waals surface area contributed by atoms with Gasteiger partial charge in [-0.15, -0.1) is 0 Å². The highest BCUT2D eigenvalue weighted by atomic mass is 16.4. The molecule has 0 aliphatic heterocycles. The predicted octanol–water partition coefficient (Wildman–Crippen LogP) is -0.380. The summed E-state index contributed by atoms with van der Waals surface area (Å²) < 4.78 is 0. The highest BCUT2D eigenvalue weighted by Crippen LogP contribution is 2.16. The van der Waals surface area contributed by atoms with Crippen LogP contribution in [0.4, 0.5) is 0 Å². The van der Waals surface area contributed by atoms with Crippen molar-refractivity contribution in [2.45, 2.75) is 0 Å². The van der Waals surface area contributed by atoms with E-state index in [9.17, 15) is 5.11 Å². The lowest BCUT2D eigenvalue weighted by Gasteiger charge is -2.05. The van der Waals surface area contributed by atoms with E-state index in [2.05, 4.69) is 4.98 Å². The molecule has 1 aromatic carbocycles. The zero-order valence-corrected chi connectivity index (χ0v) is 7.25. The topological polar surface area (TPSA) is 73.6 Å². The number of hydrogen-bond donors (Lipinski definition) is 3. The van der Waals surface area contributed by atoms with E-state index >= 15 is 0 Å². The van der Waals surface area contributed by atoms with Gasteiger partial charge in [-0.25, -0.2) is 0 Å². The minimum Gasteiger partial charge on any atom is -0.508 e. The summed E-state index contributed by atoms with van der Waals surface area (Å²) in [7, 11) is -1.60. The highest BCUT2D eigenvalue weighted by Gasteiger charge is 2.15. The third-order valence-corrected chi connectivity index (χ3v) is 2.05. The monoisotopic (exact) mass is 189 g/mol. The molecule has 0 amide bonds. The van der Waals surface area contributed by atoms with Crippen molar-refractivity contribution in [2.24, 2.45) is 0 Å². The number of phenolic OH excluding ortho intramolecular Hbond substituents is 1. The van der Waals surface area contributed by atoms with Gasteiger partial charge in [0.15, 0.2) is 0 Å². The van der Waals surface area contributed by atoms with E-state index in [0.29, 0.717) is 5.39 Å². The molecular weight excluding hydrogens is 181 g/mol. The standard InChI is InChI=1S/C9H8BNO3/c12-7-3-6-1-2-11-5-8(6)9(4-7)10(13)14/h1-5,12-14H. The molecule has 2 rings (SSSR count). The van der Waals surface area contributed by atoms with Crippen LogP contribution in [0.3, 0.4) is 0 Å². The average molecular weight is 189 g/mol. The van der Waals surface area contributed by atoms with Crippen LogP contribution in [0.25, 0.3) is 10.8 Å². The summed E-state index contributed by atoms with van der Waals surface area (Å²) in [5, 5.41) is 28.8. The molecule has 0 saturated carbocycles. The summed E-state index contributed by atoms with van der Waals surface area (Å²) in [6, 6.07) is 4.55. The van der Waals surface area contributed by atoms with Gasteiger partial charge in [-0.2, -0.15) is 0 Å². The van der Waals surface area contributed by atoms with Crippen molar-refractivity contribution in [1.29, 1.82) is 0 Å². The van der Waals surface area contributed by atoms with Crippen molar-refractivity contribution in [1.82, 2.24) is 4.98 Å². The number of aromatic hydroxyl groups is 1. The largest absolute Gasteiger partial charge is 0.508 e. The molecule has 5 heteroatoms. The van der Waals surface area contributed by atoms with Crippen LogP contribution < -0.4 is 5.46 Å². The number of aromatic nitrogens is 1. The quantitative estimate of drug-likeness (QED) is 0.534. The lowest BCUT2D eigenvalue weighted by atomic mass is 9.77. The lowest BCUT2D eigenvalue weighted by Crippen LogP contribution is -2.30. The molecule has 0 aliphatic rings. The van der Waals surface area contributed by atoms with Gasteiger partial charge < -0.3 is 15.2 Å². The van der Waals surface area contributed by atoms with Crippen molar-refractivity contribution in [3.05, 3.63) is 30.6 Å². The molecular formula is C9H8BNO3. The van der Waals surface area contributed by atoms with Gasteiger partial charge in [0.25, 0.3) is 0 Å². The smallest absolute Gasteiger partial charge is 0.489 e. The first kappa shape index (κ1) is 8.99. The van der Waals surface area contributed by atoms with Gasteiger partial charge in [0.2, 0.25) is 0 Å². The predicted molar refractivity (Wildman–Crippen MR) is 53.2 cm³/mol. The second kappa shape index (κ2) is 3.28. The van der Waals surface area contributed by atoms with Crippen molar-refractivity contribution in [3.8, 4) is 5.75 Å².